The van der Waals surface area contributed by atoms with Crippen LogP contribution < -0.4 is 0 Å². The SMILES string of the molecule is c1ccc2c(c1)ncn2Cc1cc(Cn2cnc3ccccc32)cc(Cn2cnc3ccccc32)c1. The van der Waals surface area contributed by atoms with E-state index in [-0.39, 0.29) is 0 Å². The second-order valence-corrected chi connectivity index (χ2v) is 9.24. The van der Waals surface area contributed by atoms with E-state index < -0.39 is 0 Å². The Morgan fingerprint density at radius 2 is 0.722 bits per heavy atom. The van der Waals surface area contributed by atoms with Crippen LogP contribution in [0.1, 0.15) is 16.7 Å². The Labute approximate surface area is 208 Å². The first-order chi connectivity index (χ1) is 17.8. The molecule has 0 unspecified atom stereocenters. The third kappa shape index (κ3) is 3.73. The molecule has 0 fully saturated rings. The van der Waals surface area contributed by atoms with E-state index in [1.165, 1.54) is 16.7 Å². The van der Waals surface area contributed by atoms with Crippen LogP contribution in [-0.4, -0.2) is 28.7 Å². The molecule has 4 aromatic carbocycles. The van der Waals surface area contributed by atoms with Crippen molar-refractivity contribution in [2.75, 3.05) is 0 Å². The molecule has 7 rings (SSSR count). The lowest BCUT2D eigenvalue weighted by molar-refractivity contribution is 0.783. The van der Waals surface area contributed by atoms with Crippen LogP contribution in [0.5, 0.6) is 0 Å². The first-order valence-electron chi connectivity index (χ1n) is 12.1. The van der Waals surface area contributed by atoms with Crippen LogP contribution in [-0.2, 0) is 19.6 Å². The number of imidazole rings is 3. The van der Waals surface area contributed by atoms with Crippen molar-refractivity contribution in [1.29, 1.82) is 0 Å². The number of aromatic nitrogens is 6. The summed E-state index contributed by atoms with van der Waals surface area (Å²) < 4.78 is 6.66. The standard InChI is InChI=1S/C30H24N6/c1-4-10-28-25(7-1)31-19-34(28)16-22-13-23(17-35-20-32-26-8-2-5-11-29(26)35)15-24(14-22)18-36-21-33-27-9-3-6-12-30(27)36/h1-15,19-21H,16-18H2. The summed E-state index contributed by atoms with van der Waals surface area (Å²) >= 11 is 0. The molecule has 0 radical (unpaired) electrons. The van der Waals surface area contributed by atoms with E-state index in [4.69, 9.17) is 0 Å². The normalized spacial score (nSPS) is 11.7. The molecule has 0 N–H and O–H groups in total. The van der Waals surface area contributed by atoms with E-state index in [2.05, 4.69) is 101 Å². The van der Waals surface area contributed by atoms with Gasteiger partial charge in [-0.3, -0.25) is 0 Å². The lowest BCUT2D eigenvalue weighted by atomic mass is 10.0. The Hall–Kier alpha value is -4.71. The number of hydrogen-bond donors (Lipinski definition) is 0. The zero-order valence-corrected chi connectivity index (χ0v) is 19.7. The summed E-state index contributed by atoms with van der Waals surface area (Å²) in [7, 11) is 0. The molecule has 7 aromatic rings. The molecule has 0 spiro atoms. The van der Waals surface area contributed by atoms with Gasteiger partial charge in [0.05, 0.1) is 52.1 Å². The molecule has 0 atom stereocenters. The highest BCUT2D eigenvalue weighted by Gasteiger charge is 2.10. The molecule has 0 aliphatic carbocycles. The van der Waals surface area contributed by atoms with Gasteiger partial charge in [0.1, 0.15) is 0 Å². The summed E-state index contributed by atoms with van der Waals surface area (Å²) in [6, 6.07) is 31.8. The third-order valence-electron chi connectivity index (χ3n) is 6.75. The van der Waals surface area contributed by atoms with Crippen molar-refractivity contribution in [2.24, 2.45) is 0 Å². The monoisotopic (exact) mass is 468 g/mol. The quantitative estimate of drug-likeness (QED) is 0.306. The summed E-state index contributed by atoms with van der Waals surface area (Å²) in [4.78, 5) is 13.8. The van der Waals surface area contributed by atoms with Gasteiger partial charge in [-0.05, 0) is 53.1 Å². The van der Waals surface area contributed by atoms with Gasteiger partial charge in [0.2, 0.25) is 0 Å². The maximum Gasteiger partial charge on any atom is 0.0961 e. The lowest BCUT2D eigenvalue weighted by Crippen LogP contribution is -2.05. The van der Waals surface area contributed by atoms with E-state index in [1.54, 1.807) is 0 Å². The number of para-hydroxylation sites is 6. The average Bonchev–Trinajstić information content (AvgIpc) is 3.62. The van der Waals surface area contributed by atoms with Crippen molar-refractivity contribution in [3.8, 4) is 0 Å². The van der Waals surface area contributed by atoms with E-state index in [1.807, 2.05) is 37.2 Å². The first kappa shape index (κ1) is 20.6. The van der Waals surface area contributed by atoms with Gasteiger partial charge < -0.3 is 13.7 Å². The topological polar surface area (TPSA) is 53.5 Å². The summed E-state index contributed by atoms with van der Waals surface area (Å²) in [5, 5.41) is 0. The summed E-state index contributed by atoms with van der Waals surface area (Å²) in [5.41, 5.74) is 10.2. The fourth-order valence-corrected chi connectivity index (χ4v) is 5.11. The van der Waals surface area contributed by atoms with Crippen molar-refractivity contribution in [2.45, 2.75) is 19.6 Å². The molecule has 3 heterocycles. The number of benzene rings is 4. The molecule has 174 valence electrons. The first-order valence-corrected chi connectivity index (χ1v) is 12.1. The van der Waals surface area contributed by atoms with E-state index in [0.29, 0.717) is 0 Å². The minimum Gasteiger partial charge on any atom is -0.326 e. The van der Waals surface area contributed by atoms with Crippen LogP contribution in [0.15, 0.2) is 110 Å². The Balaban J connectivity index is 1.29. The Morgan fingerprint density at radius 1 is 0.417 bits per heavy atom. The molecule has 0 saturated carbocycles. The van der Waals surface area contributed by atoms with Crippen molar-refractivity contribution < 1.29 is 0 Å². The summed E-state index contributed by atoms with van der Waals surface area (Å²) in [6.45, 7) is 2.28. The summed E-state index contributed by atoms with van der Waals surface area (Å²) in [5.74, 6) is 0. The number of fused-ring (bicyclic) bond motifs is 3. The zero-order valence-electron chi connectivity index (χ0n) is 19.7. The smallest absolute Gasteiger partial charge is 0.0961 e. The van der Waals surface area contributed by atoms with Crippen LogP contribution >= 0.6 is 0 Å². The van der Waals surface area contributed by atoms with E-state index >= 15 is 0 Å². The van der Waals surface area contributed by atoms with Crippen molar-refractivity contribution in [1.82, 2.24) is 28.7 Å². The molecule has 0 bridgehead atoms. The zero-order chi connectivity index (χ0) is 23.9. The average molecular weight is 469 g/mol. The van der Waals surface area contributed by atoms with Gasteiger partial charge in [-0.1, -0.05) is 54.6 Å². The van der Waals surface area contributed by atoms with Crippen LogP contribution in [0.2, 0.25) is 0 Å². The predicted molar refractivity (Wildman–Crippen MR) is 143 cm³/mol. The minimum atomic E-state index is 0.761. The van der Waals surface area contributed by atoms with Gasteiger partial charge >= 0.3 is 0 Å². The third-order valence-corrected chi connectivity index (χ3v) is 6.75. The molecule has 6 nitrogen and oxygen atoms in total. The van der Waals surface area contributed by atoms with Gasteiger partial charge in [0.25, 0.3) is 0 Å². The lowest BCUT2D eigenvalue weighted by Gasteiger charge is -2.13. The Morgan fingerprint density at radius 3 is 1.06 bits per heavy atom. The minimum absolute atomic E-state index is 0.761. The number of rotatable bonds is 6. The fourth-order valence-electron chi connectivity index (χ4n) is 5.11. The second-order valence-electron chi connectivity index (χ2n) is 9.24. The van der Waals surface area contributed by atoms with E-state index in [0.717, 1.165) is 52.7 Å². The van der Waals surface area contributed by atoms with Crippen molar-refractivity contribution in [3.05, 3.63) is 127 Å². The molecule has 0 aliphatic rings. The van der Waals surface area contributed by atoms with Gasteiger partial charge in [0.15, 0.2) is 0 Å². The molecule has 0 saturated heterocycles. The van der Waals surface area contributed by atoms with Gasteiger partial charge in [-0.15, -0.1) is 0 Å². The van der Waals surface area contributed by atoms with Crippen LogP contribution in [0.25, 0.3) is 33.1 Å². The largest absolute Gasteiger partial charge is 0.326 e. The molecule has 6 heteroatoms. The van der Waals surface area contributed by atoms with Crippen LogP contribution in [0.4, 0.5) is 0 Å². The van der Waals surface area contributed by atoms with Gasteiger partial charge in [-0.2, -0.15) is 0 Å². The molecule has 3 aromatic heterocycles. The van der Waals surface area contributed by atoms with Crippen LogP contribution in [0.3, 0.4) is 0 Å². The Kier molecular flexibility index (Phi) is 4.87. The molecule has 0 amide bonds. The van der Waals surface area contributed by atoms with Gasteiger partial charge in [0, 0.05) is 19.6 Å². The second kappa shape index (κ2) is 8.50. The van der Waals surface area contributed by atoms with Crippen LogP contribution in [0, 0.1) is 0 Å². The molecular formula is C30H24N6. The van der Waals surface area contributed by atoms with Crippen molar-refractivity contribution >= 4 is 33.1 Å². The molecule has 36 heavy (non-hydrogen) atoms. The highest BCUT2D eigenvalue weighted by molar-refractivity contribution is 5.76. The maximum absolute atomic E-state index is 4.59. The summed E-state index contributed by atoms with van der Waals surface area (Å²) in [6.07, 6.45) is 5.80. The van der Waals surface area contributed by atoms with E-state index in [9.17, 15) is 0 Å². The fraction of sp³-hybridized carbons (Fsp3) is 0.100. The highest BCUT2D eigenvalue weighted by Crippen LogP contribution is 2.21. The Bertz CT molecular complexity index is 1610. The molecular weight excluding hydrogens is 444 g/mol. The number of nitrogens with zero attached hydrogens (tertiary/aromatic N) is 6. The maximum atomic E-state index is 4.59. The van der Waals surface area contributed by atoms with Crippen molar-refractivity contribution in [3.63, 3.8) is 0 Å². The highest BCUT2D eigenvalue weighted by atomic mass is 15.1. The predicted octanol–water partition coefficient (Wildman–Crippen LogP) is 5.88. The number of hydrogen-bond acceptors (Lipinski definition) is 3. The molecule has 0 aliphatic heterocycles. The van der Waals surface area contributed by atoms with Gasteiger partial charge in [-0.25, -0.2) is 15.0 Å².